The minimum atomic E-state index is -0.361. The smallest absolute Gasteiger partial charge is 0.274 e. The second-order valence-electron chi connectivity index (χ2n) is 6.33. The number of nitrogens with one attached hydrogen (secondary N) is 1. The third-order valence-electron chi connectivity index (χ3n) is 4.09. The molecule has 7 heteroatoms. The number of hydrogen-bond acceptors (Lipinski definition) is 5. The lowest BCUT2D eigenvalue weighted by Gasteiger charge is -2.18. The van der Waals surface area contributed by atoms with E-state index in [1.165, 1.54) is 7.11 Å². The van der Waals surface area contributed by atoms with Gasteiger partial charge in [-0.1, -0.05) is 41.9 Å². The number of carbonyl (C=O) groups excluding carboxylic acids is 1. The average molecular weight is 397 g/mol. The van der Waals surface area contributed by atoms with Crippen LogP contribution in [-0.2, 0) is 6.54 Å². The van der Waals surface area contributed by atoms with Gasteiger partial charge in [0.05, 0.1) is 12.8 Å². The molecule has 1 aromatic heterocycles. The first-order valence-corrected chi connectivity index (χ1v) is 9.09. The Labute approximate surface area is 169 Å². The molecule has 0 radical (unpaired) electrons. The molecule has 0 aliphatic rings. The number of rotatable bonds is 6. The van der Waals surface area contributed by atoms with Gasteiger partial charge in [-0.15, -0.1) is 0 Å². The molecule has 3 rings (SSSR count). The van der Waals surface area contributed by atoms with Crippen LogP contribution >= 0.6 is 11.6 Å². The zero-order valence-corrected chi connectivity index (χ0v) is 16.7. The molecule has 0 atom stereocenters. The van der Waals surface area contributed by atoms with Crippen LogP contribution in [0.3, 0.4) is 0 Å². The lowest BCUT2D eigenvalue weighted by molar-refractivity contribution is 0.102. The van der Waals surface area contributed by atoms with Gasteiger partial charge in [-0.25, -0.2) is 9.97 Å². The highest BCUT2D eigenvalue weighted by molar-refractivity contribution is 6.31. The number of amides is 1. The fraction of sp³-hybridized carbons (Fsp3) is 0.190. The highest BCUT2D eigenvalue weighted by Gasteiger charge is 2.15. The highest BCUT2D eigenvalue weighted by Crippen LogP contribution is 2.28. The standard InChI is InChI=1S/C21H21ClN4O2/c1-14-11-18(20(27)24-17-12-16(22)9-10-19(17)28-3)25-21(23-14)26(2)13-15-7-5-4-6-8-15/h4-12H,13H2,1-3H3,(H,24,27). The fourth-order valence-corrected chi connectivity index (χ4v) is 2.90. The van der Waals surface area contributed by atoms with Crippen LogP contribution in [-0.4, -0.2) is 30.0 Å². The van der Waals surface area contributed by atoms with E-state index in [2.05, 4.69) is 15.3 Å². The normalized spacial score (nSPS) is 10.4. The molecule has 3 aromatic rings. The van der Waals surface area contributed by atoms with Gasteiger partial charge in [-0.05, 0) is 36.8 Å². The van der Waals surface area contributed by atoms with Gasteiger partial charge in [-0.3, -0.25) is 4.79 Å². The second kappa shape index (κ2) is 8.71. The van der Waals surface area contributed by atoms with Crippen molar-refractivity contribution >= 4 is 29.1 Å². The van der Waals surface area contributed by atoms with E-state index in [4.69, 9.17) is 16.3 Å². The van der Waals surface area contributed by atoms with Gasteiger partial charge >= 0.3 is 0 Å². The Bertz CT molecular complexity index is 979. The Morgan fingerprint density at radius 3 is 2.61 bits per heavy atom. The van der Waals surface area contributed by atoms with Crippen LogP contribution < -0.4 is 15.0 Å². The van der Waals surface area contributed by atoms with Crippen molar-refractivity contribution in [2.45, 2.75) is 13.5 Å². The number of aromatic nitrogens is 2. The van der Waals surface area contributed by atoms with E-state index in [-0.39, 0.29) is 11.6 Å². The Kier molecular flexibility index (Phi) is 6.11. The molecular formula is C21H21ClN4O2. The molecule has 0 spiro atoms. The van der Waals surface area contributed by atoms with Crippen LogP contribution in [0.4, 0.5) is 11.6 Å². The van der Waals surface area contributed by atoms with Crippen LogP contribution in [0.1, 0.15) is 21.7 Å². The third-order valence-corrected chi connectivity index (χ3v) is 4.32. The predicted octanol–water partition coefficient (Wildman–Crippen LogP) is 4.34. The van der Waals surface area contributed by atoms with E-state index in [1.54, 1.807) is 24.3 Å². The summed E-state index contributed by atoms with van der Waals surface area (Å²) in [4.78, 5) is 23.6. The van der Waals surface area contributed by atoms with Crippen molar-refractivity contribution in [3.8, 4) is 5.75 Å². The molecule has 0 aliphatic heterocycles. The van der Waals surface area contributed by atoms with Crippen molar-refractivity contribution in [1.29, 1.82) is 0 Å². The summed E-state index contributed by atoms with van der Waals surface area (Å²) < 4.78 is 5.27. The van der Waals surface area contributed by atoms with Crippen molar-refractivity contribution in [1.82, 2.24) is 9.97 Å². The van der Waals surface area contributed by atoms with Gasteiger partial charge in [0.1, 0.15) is 11.4 Å². The Morgan fingerprint density at radius 2 is 1.89 bits per heavy atom. The summed E-state index contributed by atoms with van der Waals surface area (Å²) in [6, 6.07) is 16.7. The number of aryl methyl sites for hydroxylation is 1. The van der Waals surface area contributed by atoms with E-state index < -0.39 is 0 Å². The van der Waals surface area contributed by atoms with E-state index in [0.29, 0.717) is 34.6 Å². The number of benzene rings is 2. The Hall–Kier alpha value is -3.12. The minimum Gasteiger partial charge on any atom is -0.495 e. The quantitative estimate of drug-likeness (QED) is 0.671. The number of anilines is 2. The van der Waals surface area contributed by atoms with Gasteiger partial charge in [0.15, 0.2) is 0 Å². The number of halogens is 1. The molecule has 0 saturated heterocycles. The summed E-state index contributed by atoms with van der Waals surface area (Å²) in [6.07, 6.45) is 0. The SMILES string of the molecule is COc1ccc(Cl)cc1NC(=O)c1cc(C)nc(N(C)Cc2ccccc2)n1. The van der Waals surface area contributed by atoms with Crippen molar-refractivity contribution in [2.75, 3.05) is 24.4 Å². The number of hydrogen-bond donors (Lipinski definition) is 1. The number of methoxy groups -OCH3 is 1. The first-order valence-electron chi connectivity index (χ1n) is 8.72. The Morgan fingerprint density at radius 1 is 1.14 bits per heavy atom. The monoisotopic (exact) mass is 396 g/mol. The van der Waals surface area contributed by atoms with E-state index in [1.807, 2.05) is 49.2 Å². The van der Waals surface area contributed by atoms with Crippen molar-refractivity contribution in [3.05, 3.63) is 76.6 Å². The third kappa shape index (κ3) is 4.78. The van der Waals surface area contributed by atoms with Crippen molar-refractivity contribution in [3.63, 3.8) is 0 Å². The lowest BCUT2D eigenvalue weighted by atomic mass is 10.2. The lowest BCUT2D eigenvalue weighted by Crippen LogP contribution is -2.22. The number of nitrogens with zero attached hydrogens (tertiary/aromatic N) is 3. The van der Waals surface area contributed by atoms with Crippen molar-refractivity contribution < 1.29 is 9.53 Å². The van der Waals surface area contributed by atoms with E-state index >= 15 is 0 Å². The van der Waals surface area contributed by atoms with Gasteiger partial charge in [0.25, 0.3) is 5.91 Å². The molecule has 1 amide bonds. The summed E-state index contributed by atoms with van der Waals surface area (Å²) in [7, 11) is 3.42. The first-order chi connectivity index (χ1) is 13.5. The fourth-order valence-electron chi connectivity index (χ4n) is 2.73. The van der Waals surface area contributed by atoms with E-state index in [0.717, 1.165) is 5.56 Å². The van der Waals surface area contributed by atoms with Gasteiger partial charge in [-0.2, -0.15) is 0 Å². The van der Waals surface area contributed by atoms with Gasteiger partial charge < -0.3 is 15.0 Å². The number of carbonyl (C=O) groups is 1. The molecule has 1 N–H and O–H groups in total. The predicted molar refractivity (Wildman–Crippen MR) is 111 cm³/mol. The summed E-state index contributed by atoms with van der Waals surface area (Å²) >= 11 is 6.03. The summed E-state index contributed by atoms with van der Waals surface area (Å²) in [6.45, 7) is 2.46. The highest BCUT2D eigenvalue weighted by atomic mass is 35.5. The van der Waals surface area contributed by atoms with Crippen LogP contribution in [0.5, 0.6) is 5.75 Å². The zero-order valence-electron chi connectivity index (χ0n) is 15.9. The van der Waals surface area contributed by atoms with Crippen LogP contribution in [0.15, 0.2) is 54.6 Å². The van der Waals surface area contributed by atoms with Crippen molar-refractivity contribution in [2.24, 2.45) is 0 Å². The largest absolute Gasteiger partial charge is 0.495 e. The molecule has 144 valence electrons. The van der Waals surface area contributed by atoms with Gasteiger partial charge in [0, 0.05) is 24.3 Å². The zero-order chi connectivity index (χ0) is 20.1. The molecule has 0 bridgehead atoms. The average Bonchev–Trinajstić information content (AvgIpc) is 2.68. The maximum Gasteiger partial charge on any atom is 0.274 e. The minimum absolute atomic E-state index is 0.268. The topological polar surface area (TPSA) is 67.3 Å². The number of ether oxygens (including phenoxy) is 1. The summed E-state index contributed by atoms with van der Waals surface area (Å²) in [5.41, 5.74) is 2.58. The maximum atomic E-state index is 12.8. The maximum absolute atomic E-state index is 12.8. The molecule has 1 heterocycles. The summed E-state index contributed by atoms with van der Waals surface area (Å²) in [5.74, 6) is 0.637. The molecule has 6 nitrogen and oxygen atoms in total. The molecular weight excluding hydrogens is 376 g/mol. The molecule has 0 aliphatic carbocycles. The molecule has 28 heavy (non-hydrogen) atoms. The summed E-state index contributed by atoms with van der Waals surface area (Å²) in [5, 5.41) is 3.30. The second-order valence-corrected chi connectivity index (χ2v) is 6.77. The van der Waals surface area contributed by atoms with Crippen LogP contribution in [0, 0.1) is 6.92 Å². The first kappa shape index (κ1) is 19.6. The molecule has 0 fully saturated rings. The van der Waals surface area contributed by atoms with Gasteiger partial charge in [0.2, 0.25) is 5.95 Å². The van der Waals surface area contributed by atoms with E-state index in [9.17, 15) is 4.79 Å². The molecule has 0 saturated carbocycles. The van der Waals surface area contributed by atoms with Crippen LogP contribution in [0.25, 0.3) is 0 Å². The molecule has 0 unspecified atom stereocenters. The van der Waals surface area contributed by atoms with Crippen LogP contribution in [0.2, 0.25) is 5.02 Å². The Balaban J connectivity index is 1.82. The molecule has 2 aromatic carbocycles.